The number of hydrogen-bond acceptors (Lipinski definition) is 6. The SMILES string of the molecule is CSCC[C@H](NS(=O)(=O)c1cc(Cl)cc(Cl)c1O)C(=O)OC(C)C. The van der Waals surface area contributed by atoms with Gasteiger partial charge in [0, 0.05) is 5.02 Å². The Hall–Kier alpha value is -0.670. The van der Waals surface area contributed by atoms with E-state index in [1.165, 1.54) is 17.8 Å². The summed E-state index contributed by atoms with van der Waals surface area (Å²) < 4.78 is 32.4. The number of carbonyl (C=O) groups excluding carboxylic acids is 1. The van der Waals surface area contributed by atoms with Gasteiger partial charge in [0.15, 0.2) is 5.75 Å². The molecule has 0 spiro atoms. The molecule has 0 aromatic heterocycles. The van der Waals surface area contributed by atoms with E-state index in [1.54, 1.807) is 13.8 Å². The van der Waals surface area contributed by atoms with E-state index in [2.05, 4.69) is 4.72 Å². The number of phenolic OH excluding ortho intramolecular Hbond substituents is 1. The van der Waals surface area contributed by atoms with Crippen LogP contribution in [-0.2, 0) is 19.6 Å². The van der Waals surface area contributed by atoms with Gasteiger partial charge in [-0.15, -0.1) is 0 Å². The average Bonchev–Trinajstić information content (AvgIpc) is 2.46. The molecule has 136 valence electrons. The second kappa shape index (κ2) is 9.15. The first-order valence-corrected chi connectivity index (χ1v) is 10.6. The van der Waals surface area contributed by atoms with Crippen LogP contribution in [0, 0.1) is 0 Å². The number of esters is 1. The molecule has 0 unspecified atom stereocenters. The number of hydrogen-bond donors (Lipinski definition) is 2. The first kappa shape index (κ1) is 21.4. The Morgan fingerprint density at radius 2 is 2.00 bits per heavy atom. The molecule has 0 fully saturated rings. The molecule has 10 heteroatoms. The van der Waals surface area contributed by atoms with Crippen LogP contribution in [0.1, 0.15) is 20.3 Å². The molecule has 0 saturated heterocycles. The van der Waals surface area contributed by atoms with Crippen LogP contribution in [0.15, 0.2) is 17.0 Å². The molecule has 1 atom stereocenters. The minimum absolute atomic E-state index is 0.0450. The van der Waals surface area contributed by atoms with Crippen molar-refractivity contribution in [3.63, 3.8) is 0 Å². The number of rotatable bonds is 8. The predicted octanol–water partition coefficient (Wildman–Crippen LogP) is 3.05. The molecule has 24 heavy (non-hydrogen) atoms. The van der Waals surface area contributed by atoms with E-state index in [9.17, 15) is 18.3 Å². The van der Waals surface area contributed by atoms with Crippen molar-refractivity contribution in [2.45, 2.75) is 37.3 Å². The first-order chi connectivity index (χ1) is 11.1. The minimum atomic E-state index is -4.23. The second-order valence-corrected chi connectivity index (χ2v) is 8.69. The third kappa shape index (κ3) is 6.00. The molecule has 0 amide bonds. The van der Waals surface area contributed by atoms with Gasteiger partial charge in [-0.3, -0.25) is 4.79 Å². The standard InChI is InChI=1S/C14H19Cl2NO5S2/c1-8(2)22-14(19)11(4-5-23-3)17-24(20,21)12-7-9(15)6-10(16)13(12)18/h6-8,11,17-18H,4-5H2,1-3H3/t11-/m0/s1. The molecule has 0 radical (unpaired) electrons. The summed E-state index contributed by atoms with van der Waals surface area (Å²) in [6.07, 6.45) is 1.69. The number of thioether (sulfide) groups is 1. The molecule has 0 saturated carbocycles. The van der Waals surface area contributed by atoms with E-state index in [0.29, 0.717) is 5.75 Å². The van der Waals surface area contributed by atoms with E-state index < -0.39 is 32.7 Å². The van der Waals surface area contributed by atoms with Gasteiger partial charge < -0.3 is 9.84 Å². The smallest absolute Gasteiger partial charge is 0.324 e. The molecule has 6 nitrogen and oxygen atoms in total. The first-order valence-electron chi connectivity index (χ1n) is 6.98. The van der Waals surface area contributed by atoms with Crippen molar-refractivity contribution >= 4 is 51.0 Å². The Bertz CT molecular complexity index is 695. The van der Waals surface area contributed by atoms with Gasteiger partial charge in [0.25, 0.3) is 0 Å². The van der Waals surface area contributed by atoms with Crippen LogP contribution in [0.5, 0.6) is 5.75 Å². The fraction of sp³-hybridized carbons (Fsp3) is 0.500. The number of ether oxygens (including phenoxy) is 1. The van der Waals surface area contributed by atoms with Crippen LogP contribution in [-0.4, -0.2) is 43.6 Å². The van der Waals surface area contributed by atoms with Gasteiger partial charge in [-0.2, -0.15) is 16.5 Å². The fourth-order valence-electron chi connectivity index (χ4n) is 1.77. The van der Waals surface area contributed by atoms with E-state index in [0.717, 1.165) is 6.07 Å². The monoisotopic (exact) mass is 415 g/mol. The fourth-order valence-corrected chi connectivity index (χ4v) is 4.22. The Morgan fingerprint density at radius 1 is 1.38 bits per heavy atom. The number of phenols is 1. The highest BCUT2D eigenvalue weighted by molar-refractivity contribution is 7.98. The number of carbonyl (C=O) groups is 1. The largest absolute Gasteiger partial charge is 0.505 e. The van der Waals surface area contributed by atoms with Gasteiger partial charge in [-0.05, 0) is 44.4 Å². The molecular formula is C14H19Cl2NO5S2. The topological polar surface area (TPSA) is 92.7 Å². The van der Waals surface area contributed by atoms with E-state index in [4.69, 9.17) is 27.9 Å². The molecule has 0 bridgehead atoms. The van der Waals surface area contributed by atoms with Gasteiger partial charge in [0.05, 0.1) is 11.1 Å². The van der Waals surface area contributed by atoms with Crippen molar-refractivity contribution in [2.24, 2.45) is 0 Å². The Labute approximate surface area is 155 Å². The molecule has 0 aliphatic carbocycles. The van der Waals surface area contributed by atoms with Crippen molar-refractivity contribution in [3.8, 4) is 5.75 Å². The zero-order chi connectivity index (χ0) is 18.5. The molecule has 1 aromatic carbocycles. The highest BCUT2D eigenvalue weighted by Crippen LogP contribution is 2.34. The third-order valence-electron chi connectivity index (χ3n) is 2.83. The summed E-state index contributed by atoms with van der Waals surface area (Å²) in [4.78, 5) is 11.6. The normalized spacial score (nSPS) is 13.1. The van der Waals surface area contributed by atoms with Crippen molar-refractivity contribution in [1.29, 1.82) is 0 Å². The van der Waals surface area contributed by atoms with E-state index in [1.807, 2.05) is 6.26 Å². The average molecular weight is 416 g/mol. The van der Waals surface area contributed by atoms with E-state index in [-0.39, 0.29) is 22.6 Å². The Balaban J connectivity index is 3.13. The summed E-state index contributed by atoms with van der Waals surface area (Å²) >= 11 is 13.0. The number of halogens is 2. The third-order valence-corrected chi connectivity index (χ3v) is 5.46. The molecule has 0 aliphatic heterocycles. The van der Waals surface area contributed by atoms with Crippen LogP contribution in [0.25, 0.3) is 0 Å². The van der Waals surface area contributed by atoms with Crippen LogP contribution < -0.4 is 4.72 Å². The highest BCUT2D eigenvalue weighted by Gasteiger charge is 2.29. The molecular weight excluding hydrogens is 397 g/mol. The van der Waals surface area contributed by atoms with Crippen LogP contribution >= 0.6 is 35.0 Å². The maximum Gasteiger partial charge on any atom is 0.324 e. The van der Waals surface area contributed by atoms with E-state index >= 15 is 0 Å². The summed E-state index contributed by atoms with van der Waals surface area (Å²) in [7, 11) is -4.23. The number of benzene rings is 1. The summed E-state index contributed by atoms with van der Waals surface area (Å²) in [5.41, 5.74) is 0. The van der Waals surface area contributed by atoms with Gasteiger partial charge in [0.1, 0.15) is 10.9 Å². The number of sulfonamides is 1. The summed E-state index contributed by atoms with van der Waals surface area (Å²) in [5, 5.41) is 9.74. The van der Waals surface area contributed by atoms with Gasteiger partial charge in [-0.1, -0.05) is 23.2 Å². The summed E-state index contributed by atoms with van der Waals surface area (Å²) in [6.45, 7) is 3.33. The molecule has 0 heterocycles. The zero-order valence-electron chi connectivity index (χ0n) is 13.4. The van der Waals surface area contributed by atoms with Crippen LogP contribution in [0.2, 0.25) is 10.0 Å². The molecule has 1 aromatic rings. The van der Waals surface area contributed by atoms with Crippen molar-refractivity contribution in [3.05, 3.63) is 22.2 Å². The quantitative estimate of drug-likeness (QED) is 0.633. The highest BCUT2D eigenvalue weighted by atomic mass is 35.5. The van der Waals surface area contributed by atoms with Gasteiger partial charge in [0.2, 0.25) is 10.0 Å². The van der Waals surface area contributed by atoms with Crippen LogP contribution in [0.4, 0.5) is 0 Å². The lowest BCUT2D eigenvalue weighted by Crippen LogP contribution is -2.43. The maximum absolute atomic E-state index is 12.5. The lowest BCUT2D eigenvalue weighted by molar-refractivity contribution is -0.149. The van der Waals surface area contributed by atoms with Crippen molar-refractivity contribution in [1.82, 2.24) is 4.72 Å². The molecule has 0 aliphatic rings. The molecule has 1 rings (SSSR count). The maximum atomic E-state index is 12.5. The minimum Gasteiger partial charge on any atom is -0.505 e. The number of aromatic hydroxyl groups is 1. The predicted molar refractivity (Wildman–Crippen MR) is 96.5 cm³/mol. The van der Waals surface area contributed by atoms with Crippen LogP contribution in [0.3, 0.4) is 0 Å². The van der Waals surface area contributed by atoms with Crippen molar-refractivity contribution < 1.29 is 23.1 Å². The lowest BCUT2D eigenvalue weighted by atomic mass is 10.2. The number of nitrogens with one attached hydrogen (secondary N) is 1. The summed E-state index contributed by atoms with van der Waals surface area (Å²) in [5.74, 6) is -0.771. The molecule has 2 N–H and O–H groups in total. The second-order valence-electron chi connectivity index (χ2n) is 5.18. The Morgan fingerprint density at radius 3 is 2.54 bits per heavy atom. The lowest BCUT2D eigenvalue weighted by Gasteiger charge is -2.19. The van der Waals surface area contributed by atoms with Gasteiger partial charge >= 0.3 is 5.97 Å². The summed E-state index contributed by atoms with van der Waals surface area (Å²) in [6, 6.07) is 1.20. The Kier molecular flexibility index (Phi) is 8.14. The van der Waals surface area contributed by atoms with Gasteiger partial charge in [-0.25, -0.2) is 8.42 Å². The van der Waals surface area contributed by atoms with Crippen molar-refractivity contribution in [2.75, 3.05) is 12.0 Å². The zero-order valence-corrected chi connectivity index (χ0v) is 16.5.